The number of phosphoric ester groups is 2. The third kappa shape index (κ3) is 64.8. The second kappa shape index (κ2) is 63.1. The van der Waals surface area contributed by atoms with Crippen LogP contribution < -0.4 is 0 Å². The van der Waals surface area contributed by atoms with Gasteiger partial charge in [0, 0.05) is 25.7 Å². The maximum Gasteiger partial charge on any atom is 0.472 e. The lowest BCUT2D eigenvalue weighted by molar-refractivity contribution is -0.161. The molecule has 0 saturated heterocycles. The highest BCUT2D eigenvalue weighted by molar-refractivity contribution is 7.47. The summed E-state index contributed by atoms with van der Waals surface area (Å²) in [4.78, 5) is 72.5. The maximum absolute atomic E-state index is 13.0. The fourth-order valence-corrected chi connectivity index (χ4v) is 12.3. The van der Waals surface area contributed by atoms with Gasteiger partial charge in [0.25, 0.3) is 0 Å². The van der Waals surface area contributed by atoms with Crippen LogP contribution in [0, 0.1) is 11.8 Å². The zero-order valence-corrected chi connectivity index (χ0v) is 60.2. The number of carbonyl (C=O) groups is 4. The standard InChI is InChI=1S/C71H138O17P2/c1-7-9-11-13-15-17-29-35-41-47-53-68(73)81-59-66(87-70(75)55-49-43-37-30-18-16-14-12-10-8-2)61-85-89(77,78)83-57-65(72)58-84-90(79,80)86-62-67(60-82-69(74)54-48-42-36-31-26-22-24-28-34-40-46-52-64(5)6)88-71(76)56-50-44-38-32-25-21-19-20-23-27-33-39-45-51-63(3)4/h63-67,72H,7-62H2,1-6H3,(H,77,78)(H,79,80)/t65-,66+,67+/m0/s1. The zero-order valence-electron chi connectivity index (χ0n) is 58.4. The van der Waals surface area contributed by atoms with Crippen molar-refractivity contribution in [2.45, 2.75) is 381 Å². The number of aliphatic hydroxyl groups excluding tert-OH is 1. The summed E-state index contributed by atoms with van der Waals surface area (Å²) in [6.07, 6.45) is 48.4. The van der Waals surface area contributed by atoms with E-state index in [1.807, 2.05) is 0 Å². The number of esters is 4. The Morgan fingerprint density at radius 2 is 0.511 bits per heavy atom. The molecule has 0 aromatic carbocycles. The van der Waals surface area contributed by atoms with Crippen LogP contribution in [-0.2, 0) is 65.4 Å². The third-order valence-electron chi connectivity index (χ3n) is 16.5. The van der Waals surface area contributed by atoms with E-state index in [4.69, 9.17) is 37.0 Å². The van der Waals surface area contributed by atoms with E-state index in [9.17, 15) is 43.2 Å². The van der Waals surface area contributed by atoms with Gasteiger partial charge in [-0.3, -0.25) is 37.3 Å². The molecule has 5 atom stereocenters. The first-order valence-corrected chi connectivity index (χ1v) is 40.0. The second-order valence-electron chi connectivity index (χ2n) is 26.6. The minimum Gasteiger partial charge on any atom is -0.462 e. The predicted molar refractivity (Wildman–Crippen MR) is 363 cm³/mol. The smallest absolute Gasteiger partial charge is 0.462 e. The summed E-state index contributed by atoms with van der Waals surface area (Å²) in [6.45, 7) is 9.56. The molecule has 0 rings (SSSR count). The van der Waals surface area contributed by atoms with Crippen LogP contribution in [0.4, 0.5) is 0 Å². The van der Waals surface area contributed by atoms with Crippen molar-refractivity contribution in [1.82, 2.24) is 0 Å². The van der Waals surface area contributed by atoms with Gasteiger partial charge >= 0.3 is 39.5 Å². The fraction of sp³-hybridized carbons (Fsp3) is 0.944. The molecule has 0 aliphatic heterocycles. The molecule has 0 aliphatic carbocycles. The molecule has 3 N–H and O–H groups in total. The van der Waals surface area contributed by atoms with Gasteiger partial charge in [-0.25, -0.2) is 9.13 Å². The Morgan fingerprint density at radius 1 is 0.300 bits per heavy atom. The SMILES string of the molecule is CCCCCCCCCCCCC(=O)OC[C@H](COP(=O)(O)OC[C@H](O)COP(=O)(O)OC[C@@H](COC(=O)CCCCCCCCCCCCCC(C)C)OC(=O)CCCCCCCCCCCCCCCC(C)C)OC(=O)CCCCCCCCCCCC. The number of rotatable bonds is 70. The predicted octanol–water partition coefficient (Wildman–Crippen LogP) is 20.4. The molecule has 0 spiro atoms. The molecule has 534 valence electrons. The highest BCUT2D eigenvalue weighted by Crippen LogP contribution is 2.45. The largest absolute Gasteiger partial charge is 0.472 e. The molecule has 17 nitrogen and oxygen atoms in total. The van der Waals surface area contributed by atoms with Crippen molar-refractivity contribution in [1.29, 1.82) is 0 Å². The number of aliphatic hydroxyl groups is 1. The van der Waals surface area contributed by atoms with Crippen LogP contribution in [0.2, 0.25) is 0 Å². The van der Waals surface area contributed by atoms with Gasteiger partial charge in [0.2, 0.25) is 0 Å². The molecule has 0 aromatic heterocycles. The Kier molecular flexibility index (Phi) is 61.8. The number of hydrogen-bond donors (Lipinski definition) is 3. The zero-order chi connectivity index (χ0) is 66.5. The topological polar surface area (TPSA) is 237 Å². The van der Waals surface area contributed by atoms with Crippen LogP contribution in [-0.4, -0.2) is 96.7 Å². The molecule has 0 heterocycles. The van der Waals surface area contributed by atoms with Gasteiger partial charge < -0.3 is 33.8 Å². The fourth-order valence-electron chi connectivity index (χ4n) is 10.8. The molecule has 2 unspecified atom stereocenters. The van der Waals surface area contributed by atoms with E-state index in [0.717, 1.165) is 102 Å². The lowest BCUT2D eigenvalue weighted by atomic mass is 10.0. The Morgan fingerprint density at radius 3 is 0.756 bits per heavy atom. The van der Waals surface area contributed by atoms with E-state index in [1.54, 1.807) is 0 Å². The van der Waals surface area contributed by atoms with E-state index < -0.39 is 97.5 Å². The van der Waals surface area contributed by atoms with E-state index in [2.05, 4.69) is 41.5 Å². The lowest BCUT2D eigenvalue weighted by Gasteiger charge is -2.21. The quantitative estimate of drug-likeness (QED) is 0.0222. The summed E-state index contributed by atoms with van der Waals surface area (Å²) in [5, 5.41) is 10.6. The molecule has 90 heavy (non-hydrogen) atoms. The molecule has 0 aromatic rings. The average molecular weight is 1330 g/mol. The van der Waals surface area contributed by atoms with Gasteiger partial charge in [-0.2, -0.15) is 0 Å². The monoisotopic (exact) mass is 1320 g/mol. The van der Waals surface area contributed by atoms with Crippen LogP contribution in [0.5, 0.6) is 0 Å². The average Bonchev–Trinajstić information content (AvgIpc) is 3.72. The lowest BCUT2D eigenvalue weighted by Crippen LogP contribution is -2.30. The molecule has 0 aliphatic rings. The van der Waals surface area contributed by atoms with E-state index in [0.29, 0.717) is 25.7 Å². The van der Waals surface area contributed by atoms with Gasteiger partial charge in [-0.1, -0.05) is 311 Å². The first-order chi connectivity index (χ1) is 43.4. The molecule has 0 radical (unpaired) electrons. The van der Waals surface area contributed by atoms with E-state index in [-0.39, 0.29) is 25.7 Å². The van der Waals surface area contributed by atoms with Crippen LogP contribution >= 0.6 is 15.6 Å². The maximum atomic E-state index is 13.0. The van der Waals surface area contributed by atoms with Crippen molar-refractivity contribution >= 4 is 39.5 Å². The number of hydrogen-bond acceptors (Lipinski definition) is 15. The van der Waals surface area contributed by atoms with Crippen molar-refractivity contribution in [3.63, 3.8) is 0 Å². The van der Waals surface area contributed by atoms with Crippen molar-refractivity contribution in [3.8, 4) is 0 Å². The minimum absolute atomic E-state index is 0.106. The number of ether oxygens (including phenoxy) is 4. The molecule has 19 heteroatoms. The Bertz CT molecular complexity index is 1750. The van der Waals surface area contributed by atoms with Crippen molar-refractivity contribution < 1.29 is 80.2 Å². The van der Waals surface area contributed by atoms with Gasteiger partial charge in [-0.15, -0.1) is 0 Å². The summed E-state index contributed by atoms with van der Waals surface area (Å²) >= 11 is 0. The summed E-state index contributed by atoms with van der Waals surface area (Å²) < 4.78 is 68.3. The van der Waals surface area contributed by atoms with Crippen molar-refractivity contribution in [2.24, 2.45) is 11.8 Å². The summed E-state index contributed by atoms with van der Waals surface area (Å²) in [6, 6.07) is 0. The normalized spacial score (nSPS) is 14.1. The molecule has 0 bridgehead atoms. The van der Waals surface area contributed by atoms with Crippen molar-refractivity contribution in [2.75, 3.05) is 39.6 Å². The first kappa shape index (κ1) is 88.1. The number of unbranched alkanes of at least 4 members (excludes halogenated alkanes) is 40. The molecular weight excluding hydrogens is 1190 g/mol. The van der Waals surface area contributed by atoms with Gasteiger partial charge in [-0.05, 0) is 37.5 Å². The first-order valence-electron chi connectivity index (χ1n) is 37.0. The second-order valence-corrected chi connectivity index (χ2v) is 29.5. The Balaban J connectivity index is 5.23. The number of phosphoric acid groups is 2. The highest BCUT2D eigenvalue weighted by Gasteiger charge is 2.30. The molecular formula is C71H138O17P2. The van der Waals surface area contributed by atoms with Crippen LogP contribution in [0.1, 0.15) is 363 Å². The summed E-state index contributed by atoms with van der Waals surface area (Å²) in [5.41, 5.74) is 0. The van der Waals surface area contributed by atoms with E-state index in [1.165, 1.54) is 180 Å². The van der Waals surface area contributed by atoms with Crippen LogP contribution in [0.3, 0.4) is 0 Å². The highest BCUT2D eigenvalue weighted by atomic mass is 31.2. The van der Waals surface area contributed by atoms with Crippen molar-refractivity contribution in [3.05, 3.63) is 0 Å². The summed E-state index contributed by atoms with van der Waals surface area (Å²) in [5.74, 6) is -0.564. The van der Waals surface area contributed by atoms with Crippen LogP contribution in [0.25, 0.3) is 0 Å². The van der Waals surface area contributed by atoms with Crippen LogP contribution in [0.15, 0.2) is 0 Å². The van der Waals surface area contributed by atoms with Gasteiger partial charge in [0.15, 0.2) is 12.2 Å². The molecule has 0 saturated carbocycles. The number of carbonyl (C=O) groups excluding carboxylic acids is 4. The summed E-state index contributed by atoms with van der Waals surface area (Å²) in [7, 11) is -9.90. The van der Waals surface area contributed by atoms with Gasteiger partial charge in [0.05, 0.1) is 26.4 Å². The molecule has 0 fully saturated rings. The van der Waals surface area contributed by atoms with Gasteiger partial charge in [0.1, 0.15) is 19.3 Å². The minimum atomic E-state index is -4.95. The third-order valence-corrected chi connectivity index (χ3v) is 18.4. The van der Waals surface area contributed by atoms with E-state index >= 15 is 0 Å². The Hall–Kier alpha value is -1.94. The molecule has 0 amide bonds. The Labute approximate surface area is 549 Å².